The molecule has 2 rings (SSSR count). The fourth-order valence-corrected chi connectivity index (χ4v) is 2.78. The van der Waals surface area contributed by atoms with E-state index in [1.54, 1.807) is 36.1 Å². The van der Waals surface area contributed by atoms with Crippen LogP contribution in [0.4, 0.5) is 0 Å². The molecule has 0 bridgehead atoms. The van der Waals surface area contributed by atoms with E-state index in [-0.39, 0.29) is 18.6 Å². The van der Waals surface area contributed by atoms with E-state index in [4.69, 9.17) is 16.3 Å². The van der Waals surface area contributed by atoms with Crippen LogP contribution >= 0.6 is 11.6 Å². The summed E-state index contributed by atoms with van der Waals surface area (Å²) in [7, 11) is 0. The highest BCUT2D eigenvalue weighted by atomic mass is 35.5. The van der Waals surface area contributed by atoms with Gasteiger partial charge in [0.2, 0.25) is 0 Å². The van der Waals surface area contributed by atoms with E-state index in [0.29, 0.717) is 17.3 Å². The zero-order valence-corrected chi connectivity index (χ0v) is 13.1. The molecule has 1 N–H and O–H groups in total. The first-order valence-corrected chi connectivity index (χ1v) is 7.83. The van der Waals surface area contributed by atoms with Crippen molar-refractivity contribution in [2.75, 3.05) is 13.2 Å². The molecule has 1 fully saturated rings. The SMILES string of the molecule is CC(Oc1ccc(Cl)cc1)C(=O)N1CCCCCC1CO. The highest BCUT2D eigenvalue weighted by Gasteiger charge is 2.29. The maximum atomic E-state index is 12.6. The molecule has 4 nitrogen and oxygen atoms in total. The van der Waals surface area contributed by atoms with Crippen LogP contribution in [-0.4, -0.2) is 41.2 Å². The highest BCUT2D eigenvalue weighted by Crippen LogP contribution is 2.20. The Morgan fingerprint density at radius 3 is 2.76 bits per heavy atom. The van der Waals surface area contributed by atoms with Gasteiger partial charge < -0.3 is 14.7 Å². The van der Waals surface area contributed by atoms with E-state index < -0.39 is 6.10 Å². The largest absolute Gasteiger partial charge is 0.481 e. The fourth-order valence-electron chi connectivity index (χ4n) is 2.66. The molecule has 1 amide bonds. The summed E-state index contributed by atoms with van der Waals surface area (Å²) in [6.07, 6.45) is 3.43. The Kier molecular flexibility index (Phi) is 5.88. The van der Waals surface area contributed by atoms with E-state index in [1.165, 1.54) is 0 Å². The number of rotatable bonds is 4. The number of ether oxygens (including phenoxy) is 1. The standard InChI is InChI=1S/C16H22ClNO3/c1-12(21-15-8-6-13(17)7-9-15)16(20)18-10-4-2-3-5-14(18)11-19/h6-9,12,14,19H,2-5,10-11H2,1H3. The van der Waals surface area contributed by atoms with Gasteiger partial charge in [-0.05, 0) is 44.0 Å². The van der Waals surface area contributed by atoms with Crippen LogP contribution in [-0.2, 0) is 4.79 Å². The van der Waals surface area contributed by atoms with Crippen molar-refractivity contribution in [1.82, 2.24) is 4.90 Å². The van der Waals surface area contributed by atoms with Gasteiger partial charge in [0.1, 0.15) is 5.75 Å². The third-order valence-electron chi connectivity index (χ3n) is 3.85. The van der Waals surface area contributed by atoms with Crippen molar-refractivity contribution < 1.29 is 14.6 Å². The number of benzene rings is 1. The summed E-state index contributed by atoms with van der Waals surface area (Å²) >= 11 is 5.83. The molecule has 21 heavy (non-hydrogen) atoms. The molecule has 0 aliphatic carbocycles. The molecule has 2 atom stereocenters. The first-order chi connectivity index (χ1) is 10.1. The van der Waals surface area contributed by atoms with Crippen molar-refractivity contribution in [1.29, 1.82) is 0 Å². The summed E-state index contributed by atoms with van der Waals surface area (Å²) in [5, 5.41) is 10.1. The van der Waals surface area contributed by atoms with Gasteiger partial charge in [-0.2, -0.15) is 0 Å². The van der Waals surface area contributed by atoms with Gasteiger partial charge >= 0.3 is 0 Å². The molecular weight excluding hydrogens is 290 g/mol. The van der Waals surface area contributed by atoms with Crippen LogP contribution in [0.25, 0.3) is 0 Å². The van der Waals surface area contributed by atoms with E-state index in [0.717, 1.165) is 25.7 Å². The van der Waals surface area contributed by atoms with Gasteiger partial charge in [-0.3, -0.25) is 4.79 Å². The lowest BCUT2D eigenvalue weighted by atomic mass is 10.1. The van der Waals surface area contributed by atoms with Crippen LogP contribution in [0.2, 0.25) is 5.02 Å². The van der Waals surface area contributed by atoms with Crippen molar-refractivity contribution in [3.05, 3.63) is 29.3 Å². The number of hydrogen-bond acceptors (Lipinski definition) is 3. The molecule has 1 saturated heterocycles. The first kappa shape index (κ1) is 16.1. The molecule has 5 heteroatoms. The van der Waals surface area contributed by atoms with Gasteiger partial charge in [0, 0.05) is 11.6 Å². The average Bonchev–Trinajstić information content (AvgIpc) is 2.73. The Labute approximate surface area is 130 Å². The smallest absolute Gasteiger partial charge is 0.263 e. The monoisotopic (exact) mass is 311 g/mol. The number of hydrogen-bond donors (Lipinski definition) is 1. The van der Waals surface area contributed by atoms with Crippen LogP contribution in [0.1, 0.15) is 32.6 Å². The molecule has 116 valence electrons. The minimum absolute atomic E-state index is 0.0133. The van der Waals surface area contributed by atoms with Gasteiger partial charge in [0.05, 0.1) is 12.6 Å². The van der Waals surface area contributed by atoms with Gasteiger partial charge in [-0.25, -0.2) is 0 Å². The first-order valence-electron chi connectivity index (χ1n) is 7.45. The van der Waals surface area contributed by atoms with Crippen LogP contribution in [0.15, 0.2) is 24.3 Å². The predicted octanol–water partition coefficient (Wildman–Crippen LogP) is 2.87. The van der Waals surface area contributed by atoms with Crippen molar-refractivity contribution in [2.24, 2.45) is 0 Å². The van der Waals surface area contributed by atoms with Crippen molar-refractivity contribution >= 4 is 17.5 Å². The number of likely N-dealkylation sites (tertiary alicyclic amines) is 1. The van der Waals surface area contributed by atoms with E-state index in [1.807, 2.05) is 0 Å². The van der Waals surface area contributed by atoms with Gasteiger partial charge in [-0.15, -0.1) is 0 Å². The average molecular weight is 312 g/mol. The van der Waals surface area contributed by atoms with Crippen LogP contribution in [0.3, 0.4) is 0 Å². The number of aliphatic hydroxyl groups is 1. The summed E-state index contributed by atoms with van der Waals surface area (Å²) in [4.78, 5) is 14.3. The Balaban J connectivity index is 2.01. The summed E-state index contributed by atoms with van der Waals surface area (Å²) in [5.41, 5.74) is 0. The van der Waals surface area contributed by atoms with E-state index in [9.17, 15) is 9.90 Å². The Bertz CT molecular complexity index is 463. The molecule has 1 aromatic carbocycles. The maximum Gasteiger partial charge on any atom is 0.263 e. The summed E-state index contributed by atoms with van der Waals surface area (Å²) in [6.45, 7) is 2.45. The topological polar surface area (TPSA) is 49.8 Å². The minimum Gasteiger partial charge on any atom is -0.481 e. The number of amides is 1. The van der Waals surface area contributed by atoms with Gasteiger partial charge in [0.25, 0.3) is 5.91 Å². The lowest BCUT2D eigenvalue weighted by Gasteiger charge is -2.31. The van der Waals surface area contributed by atoms with E-state index in [2.05, 4.69) is 0 Å². The third-order valence-corrected chi connectivity index (χ3v) is 4.10. The summed E-state index contributed by atoms with van der Waals surface area (Å²) in [5.74, 6) is 0.557. The molecular formula is C16H22ClNO3. The molecule has 0 saturated carbocycles. The normalized spacial score (nSPS) is 20.7. The van der Waals surface area contributed by atoms with Gasteiger partial charge in [-0.1, -0.05) is 24.4 Å². The molecule has 0 radical (unpaired) electrons. The lowest BCUT2D eigenvalue weighted by molar-refractivity contribution is -0.141. The lowest BCUT2D eigenvalue weighted by Crippen LogP contribution is -2.47. The zero-order chi connectivity index (χ0) is 15.2. The second-order valence-electron chi connectivity index (χ2n) is 5.43. The molecule has 1 aliphatic rings. The number of halogens is 1. The number of aliphatic hydroxyl groups excluding tert-OH is 1. The van der Waals surface area contributed by atoms with Crippen molar-refractivity contribution in [3.63, 3.8) is 0 Å². The van der Waals surface area contributed by atoms with E-state index >= 15 is 0 Å². The zero-order valence-electron chi connectivity index (χ0n) is 12.3. The minimum atomic E-state index is -0.571. The number of carbonyl (C=O) groups excluding carboxylic acids is 1. The molecule has 1 aromatic rings. The second kappa shape index (κ2) is 7.66. The highest BCUT2D eigenvalue weighted by molar-refractivity contribution is 6.30. The molecule has 2 unspecified atom stereocenters. The summed E-state index contributed by atoms with van der Waals surface area (Å²) in [6, 6.07) is 6.87. The summed E-state index contributed by atoms with van der Waals surface area (Å²) < 4.78 is 5.69. The Hall–Kier alpha value is -1.26. The Morgan fingerprint density at radius 2 is 2.10 bits per heavy atom. The van der Waals surface area contributed by atoms with Crippen LogP contribution in [0.5, 0.6) is 5.75 Å². The quantitative estimate of drug-likeness (QED) is 0.930. The molecule has 0 spiro atoms. The molecule has 1 aliphatic heterocycles. The molecule has 0 aromatic heterocycles. The van der Waals surface area contributed by atoms with Crippen LogP contribution < -0.4 is 4.74 Å². The Morgan fingerprint density at radius 1 is 1.38 bits per heavy atom. The fraction of sp³-hybridized carbons (Fsp3) is 0.562. The van der Waals surface area contributed by atoms with Crippen molar-refractivity contribution in [2.45, 2.75) is 44.8 Å². The van der Waals surface area contributed by atoms with Gasteiger partial charge in [0.15, 0.2) is 6.10 Å². The third kappa shape index (κ3) is 4.35. The van der Waals surface area contributed by atoms with Crippen molar-refractivity contribution in [3.8, 4) is 5.75 Å². The maximum absolute atomic E-state index is 12.6. The predicted molar refractivity (Wildman–Crippen MR) is 82.6 cm³/mol. The van der Waals surface area contributed by atoms with Crippen LogP contribution in [0, 0.1) is 0 Å². The molecule has 1 heterocycles. The number of carbonyl (C=O) groups is 1. The second-order valence-corrected chi connectivity index (χ2v) is 5.87. The number of nitrogens with zero attached hydrogens (tertiary/aromatic N) is 1.